The molecule has 21 heavy (non-hydrogen) atoms. The minimum absolute atomic E-state index is 0.585. The molecule has 0 fully saturated rings. The molecule has 0 atom stereocenters. The van der Waals surface area contributed by atoms with Gasteiger partial charge in [-0.3, -0.25) is 0 Å². The average molecular weight is 315 g/mol. The lowest BCUT2D eigenvalue weighted by Gasteiger charge is -2.08. The maximum atomic E-state index is 5.83. The van der Waals surface area contributed by atoms with Crippen LogP contribution in [-0.4, -0.2) is 4.98 Å². The Kier molecular flexibility index (Phi) is 4.23. The number of anilines is 1. The fraction of sp³-hybridized carbons (Fsp3) is 0.118. The van der Waals surface area contributed by atoms with Gasteiger partial charge in [0.1, 0.15) is 0 Å². The van der Waals surface area contributed by atoms with Gasteiger partial charge in [0, 0.05) is 16.8 Å². The van der Waals surface area contributed by atoms with E-state index in [1.54, 1.807) is 0 Å². The van der Waals surface area contributed by atoms with Crippen molar-refractivity contribution in [3.8, 4) is 11.1 Å². The third-order valence-corrected chi connectivity index (χ3v) is 4.45. The minimum Gasteiger partial charge on any atom is -0.380 e. The predicted molar refractivity (Wildman–Crippen MR) is 91.1 cm³/mol. The number of nitrogens with one attached hydrogen (secondary N) is 1. The van der Waals surface area contributed by atoms with Crippen LogP contribution in [0.25, 0.3) is 11.1 Å². The molecular formula is C17H15ClN2S. The van der Waals surface area contributed by atoms with Crippen LogP contribution in [-0.2, 0) is 6.54 Å². The maximum absolute atomic E-state index is 5.83. The smallest absolute Gasteiger partial charge is 0.183 e. The molecule has 1 N–H and O–H groups in total. The number of aromatic nitrogens is 1. The highest BCUT2D eigenvalue weighted by molar-refractivity contribution is 7.15. The van der Waals surface area contributed by atoms with Gasteiger partial charge < -0.3 is 5.32 Å². The first-order valence-corrected chi connectivity index (χ1v) is 7.92. The van der Waals surface area contributed by atoms with E-state index >= 15 is 0 Å². The Balaban J connectivity index is 1.71. The molecule has 0 amide bonds. The van der Waals surface area contributed by atoms with Crippen LogP contribution in [0.2, 0.25) is 4.47 Å². The molecule has 2 nitrogen and oxygen atoms in total. The molecule has 1 aromatic heterocycles. The van der Waals surface area contributed by atoms with E-state index in [1.165, 1.54) is 28.0 Å². The van der Waals surface area contributed by atoms with Gasteiger partial charge in [0.15, 0.2) is 4.47 Å². The SMILES string of the molecule is Cc1ccccc1-c1ccc(NCc2cnc(Cl)s2)cc1. The first-order chi connectivity index (χ1) is 10.2. The topological polar surface area (TPSA) is 24.9 Å². The zero-order valence-corrected chi connectivity index (χ0v) is 13.2. The Morgan fingerprint density at radius 3 is 2.52 bits per heavy atom. The number of nitrogens with zero attached hydrogens (tertiary/aromatic N) is 1. The summed E-state index contributed by atoms with van der Waals surface area (Å²) in [6.07, 6.45) is 1.81. The summed E-state index contributed by atoms with van der Waals surface area (Å²) in [5.41, 5.74) is 4.90. The summed E-state index contributed by atoms with van der Waals surface area (Å²) >= 11 is 7.33. The lowest BCUT2D eigenvalue weighted by Crippen LogP contribution is -1.97. The van der Waals surface area contributed by atoms with Crippen LogP contribution < -0.4 is 5.32 Å². The molecule has 0 saturated heterocycles. The van der Waals surface area contributed by atoms with E-state index < -0.39 is 0 Å². The second-order valence-corrected chi connectivity index (χ2v) is 6.52. The average Bonchev–Trinajstić information content (AvgIpc) is 2.92. The third kappa shape index (κ3) is 3.43. The van der Waals surface area contributed by atoms with Crippen molar-refractivity contribution in [2.24, 2.45) is 0 Å². The highest BCUT2D eigenvalue weighted by atomic mass is 35.5. The Bertz CT molecular complexity index is 735. The molecule has 3 aromatic rings. The highest BCUT2D eigenvalue weighted by Crippen LogP contribution is 2.25. The van der Waals surface area contributed by atoms with Crippen LogP contribution in [0.15, 0.2) is 54.7 Å². The van der Waals surface area contributed by atoms with E-state index in [9.17, 15) is 0 Å². The first-order valence-electron chi connectivity index (χ1n) is 6.72. The summed E-state index contributed by atoms with van der Waals surface area (Å²) in [4.78, 5) is 5.16. The van der Waals surface area contributed by atoms with Crippen molar-refractivity contribution in [1.29, 1.82) is 0 Å². The summed E-state index contributed by atoms with van der Waals surface area (Å²) in [7, 11) is 0. The van der Waals surface area contributed by atoms with Gasteiger partial charge in [0.2, 0.25) is 0 Å². The Morgan fingerprint density at radius 1 is 1.10 bits per heavy atom. The van der Waals surface area contributed by atoms with Crippen LogP contribution >= 0.6 is 22.9 Å². The summed E-state index contributed by atoms with van der Waals surface area (Å²) in [6.45, 7) is 2.88. The van der Waals surface area contributed by atoms with Crippen molar-refractivity contribution in [2.75, 3.05) is 5.32 Å². The van der Waals surface area contributed by atoms with Crippen LogP contribution in [0.4, 0.5) is 5.69 Å². The van der Waals surface area contributed by atoms with Crippen LogP contribution in [0, 0.1) is 6.92 Å². The number of hydrogen-bond donors (Lipinski definition) is 1. The molecule has 0 bridgehead atoms. The molecule has 1 heterocycles. The van der Waals surface area contributed by atoms with Gasteiger partial charge in [0.05, 0.1) is 6.54 Å². The van der Waals surface area contributed by atoms with Crippen molar-refractivity contribution in [3.63, 3.8) is 0 Å². The number of halogens is 1. The number of thiazole rings is 1. The second kappa shape index (κ2) is 6.29. The maximum Gasteiger partial charge on any atom is 0.183 e. The fourth-order valence-electron chi connectivity index (χ4n) is 2.22. The fourth-order valence-corrected chi connectivity index (χ4v) is 3.14. The Morgan fingerprint density at radius 2 is 1.86 bits per heavy atom. The molecule has 0 radical (unpaired) electrons. The van der Waals surface area contributed by atoms with Crippen molar-refractivity contribution in [2.45, 2.75) is 13.5 Å². The molecule has 4 heteroatoms. The summed E-state index contributed by atoms with van der Waals surface area (Å²) in [5, 5.41) is 3.38. The predicted octanol–water partition coefficient (Wildman–Crippen LogP) is 5.38. The van der Waals surface area contributed by atoms with Gasteiger partial charge >= 0.3 is 0 Å². The van der Waals surface area contributed by atoms with Gasteiger partial charge in [-0.2, -0.15) is 0 Å². The Labute approximate surface area is 133 Å². The van der Waals surface area contributed by atoms with Crippen LogP contribution in [0.1, 0.15) is 10.4 Å². The van der Waals surface area contributed by atoms with E-state index in [2.05, 4.69) is 65.8 Å². The standard InChI is InChI=1S/C17H15ClN2S/c1-12-4-2-3-5-16(12)13-6-8-14(9-7-13)19-10-15-11-20-17(18)21-15/h2-9,11,19H,10H2,1H3. The number of benzene rings is 2. The number of rotatable bonds is 4. The summed E-state index contributed by atoms with van der Waals surface area (Å²) in [5.74, 6) is 0. The zero-order chi connectivity index (χ0) is 14.7. The van der Waals surface area contributed by atoms with Gasteiger partial charge in [-0.1, -0.05) is 48.0 Å². The number of aryl methyl sites for hydroxylation is 1. The Hall–Kier alpha value is -1.84. The van der Waals surface area contributed by atoms with Crippen molar-refractivity contribution < 1.29 is 0 Å². The molecule has 2 aromatic carbocycles. The van der Waals surface area contributed by atoms with Crippen LogP contribution in [0.3, 0.4) is 0 Å². The van der Waals surface area contributed by atoms with Gasteiger partial charge in [-0.05, 0) is 35.7 Å². The number of hydrogen-bond acceptors (Lipinski definition) is 3. The molecule has 0 aliphatic rings. The van der Waals surface area contributed by atoms with E-state index in [0.717, 1.165) is 17.1 Å². The molecule has 3 rings (SSSR count). The summed E-state index contributed by atoms with van der Waals surface area (Å²) in [6, 6.07) is 16.9. The summed E-state index contributed by atoms with van der Waals surface area (Å²) < 4.78 is 0.585. The molecule has 0 unspecified atom stereocenters. The minimum atomic E-state index is 0.585. The second-order valence-electron chi connectivity index (χ2n) is 4.83. The molecular weight excluding hydrogens is 300 g/mol. The van der Waals surface area contributed by atoms with E-state index in [1.807, 2.05) is 6.20 Å². The van der Waals surface area contributed by atoms with Gasteiger partial charge in [0.25, 0.3) is 0 Å². The van der Waals surface area contributed by atoms with Gasteiger partial charge in [-0.15, -0.1) is 11.3 Å². The quantitative estimate of drug-likeness (QED) is 0.699. The van der Waals surface area contributed by atoms with E-state index in [-0.39, 0.29) is 0 Å². The molecule has 0 saturated carbocycles. The molecule has 0 spiro atoms. The molecule has 0 aliphatic carbocycles. The lowest BCUT2D eigenvalue weighted by atomic mass is 10.0. The van der Waals surface area contributed by atoms with Crippen molar-refractivity contribution in [3.05, 3.63) is 69.6 Å². The third-order valence-electron chi connectivity index (χ3n) is 3.33. The first kappa shape index (κ1) is 14.1. The van der Waals surface area contributed by atoms with Crippen molar-refractivity contribution >= 4 is 28.6 Å². The normalized spacial score (nSPS) is 10.6. The van der Waals surface area contributed by atoms with Crippen LogP contribution in [0.5, 0.6) is 0 Å². The van der Waals surface area contributed by atoms with E-state index in [4.69, 9.17) is 11.6 Å². The lowest BCUT2D eigenvalue weighted by molar-refractivity contribution is 1.17. The van der Waals surface area contributed by atoms with Gasteiger partial charge in [-0.25, -0.2) is 4.98 Å². The zero-order valence-electron chi connectivity index (χ0n) is 11.6. The van der Waals surface area contributed by atoms with E-state index in [0.29, 0.717) is 4.47 Å². The largest absolute Gasteiger partial charge is 0.380 e. The monoisotopic (exact) mass is 314 g/mol. The highest BCUT2D eigenvalue weighted by Gasteiger charge is 2.02. The van der Waals surface area contributed by atoms with Crippen molar-refractivity contribution in [1.82, 2.24) is 4.98 Å². The molecule has 106 valence electrons. The molecule has 0 aliphatic heterocycles.